The Kier molecular flexibility index (Phi) is 5.31. The van der Waals surface area contributed by atoms with Crippen molar-refractivity contribution >= 4 is 65.2 Å². The van der Waals surface area contributed by atoms with Crippen molar-refractivity contribution in [3.8, 4) is 22.5 Å². The fraction of sp³-hybridized carbons (Fsp3) is 0. The summed E-state index contributed by atoms with van der Waals surface area (Å²) in [6, 6.07) is 62.0. The van der Waals surface area contributed by atoms with Crippen molar-refractivity contribution in [2.24, 2.45) is 0 Å². The number of nitrogens with zero attached hydrogens (tertiary/aromatic N) is 2. The Bertz CT molecular complexity index is 2790. The molecule has 10 rings (SSSR count). The molecule has 10 aromatic rings. The normalized spacial score (nSPS) is 11.9. The SMILES string of the molecule is c1ccc2cc(-c3ccc(-n4c5ccccc5c5c6c7ccccc7n(-c7ccc8ccccc8c7)c6ccc54)cc3)ccc2c1. The molecule has 0 N–H and O–H groups in total. The van der Waals surface area contributed by atoms with Crippen LogP contribution in [0.25, 0.3) is 87.7 Å². The summed E-state index contributed by atoms with van der Waals surface area (Å²) in [5.41, 5.74) is 9.66. The second-order valence-electron chi connectivity index (χ2n) is 12.2. The first-order valence-corrected chi connectivity index (χ1v) is 15.9. The Labute approximate surface area is 266 Å². The highest BCUT2D eigenvalue weighted by Gasteiger charge is 2.20. The van der Waals surface area contributed by atoms with Crippen LogP contribution in [0.3, 0.4) is 0 Å². The van der Waals surface area contributed by atoms with Gasteiger partial charge in [0.1, 0.15) is 0 Å². The van der Waals surface area contributed by atoms with E-state index < -0.39 is 0 Å². The molecule has 2 nitrogen and oxygen atoms in total. The van der Waals surface area contributed by atoms with Crippen molar-refractivity contribution < 1.29 is 0 Å². The number of para-hydroxylation sites is 2. The quantitative estimate of drug-likeness (QED) is 0.195. The molecule has 0 aliphatic rings. The van der Waals surface area contributed by atoms with E-state index in [2.05, 4.69) is 179 Å². The van der Waals surface area contributed by atoms with Crippen LogP contribution in [0.15, 0.2) is 170 Å². The van der Waals surface area contributed by atoms with Gasteiger partial charge in [-0.2, -0.15) is 0 Å². The van der Waals surface area contributed by atoms with Gasteiger partial charge in [-0.3, -0.25) is 0 Å². The van der Waals surface area contributed by atoms with Crippen molar-refractivity contribution in [3.05, 3.63) is 170 Å². The Hall–Kier alpha value is -6.12. The van der Waals surface area contributed by atoms with Gasteiger partial charge in [-0.15, -0.1) is 0 Å². The molecular weight excluding hydrogens is 556 g/mol. The lowest BCUT2D eigenvalue weighted by Crippen LogP contribution is -1.95. The predicted molar refractivity (Wildman–Crippen MR) is 196 cm³/mol. The van der Waals surface area contributed by atoms with Crippen LogP contribution < -0.4 is 0 Å². The maximum absolute atomic E-state index is 2.43. The second kappa shape index (κ2) is 9.69. The molecule has 2 heteroatoms. The van der Waals surface area contributed by atoms with Crippen molar-refractivity contribution in [1.82, 2.24) is 9.13 Å². The van der Waals surface area contributed by atoms with Crippen LogP contribution in [0.4, 0.5) is 0 Å². The van der Waals surface area contributed by atoms with Gasteiger partial charge < -0.3 is 9.13 Å². The zero-order valence-electron chi connectivity index (χ0n) is 25.1. The summed E-state index contributed by atoms with van der Waals surface area (Å²) in [5, 5.41) is 10.2. The van der Waals surface area contributed by atoms with Crippen LogP contribution in [0.2, 0.25) is 0 Å². The molecule has 0 unspecified atom stereocenters. The maximum atomic E-state index is 2.43. The van der Waals surface area contributed by atoms with Gasteiger partial charge >= 0.3 is 0 Å². The summed E-state index contributed by atoms with van der Waals surface area (Å²) in [5.74, 6) is 0. The van der Waals surface area contributed by atoms with Gasteiger partial charge in [0.15, 0.2) is 0 Å². The summed E-state index contributed by atoms with van der Waals surface area (Å²) in [7, 11) is 0. The summed E-state index contributed by atoms with van der Waals surface area (Å²) in [6.07, 6.45) is 0. The molecule has 2 aromatic heterocycles. The number of hydrogen-bond donors (Lipinski definition) is 0. The monoisotopic (exact) mass is 584 g/mol. The zero-order chi connectivity index (χ0) is 30.2. The van der Waals surface area contributed by atoms with Crippen molar-refractivity contribution in [2.45, 2.75) is 0 Å². The molecule has 0 amide bonds. The van der Waals surface area contributed by atoms with Crippen LogP contribution in [-0.4, -0.2) is 9.13 Å². The molecule has 0 aliphatic carbocycles. The smallest absolute Gasteiger partial charge is 0.0548 e. The topological polar surface area (TPSA) is 9.86 Å². The van der Waals surface area contributed by atoms with Crippen molar-refractivity contribution in [2.75, 3.05) is 0 Å². The van der Waals surface area contributed by atoms with E-state index in [1.807, 2.05) is 0 Å². The van der Waals surface area contributed by atoms with Gasteiger partial charge in [0.2, 0.25) is 0 Å². The summed E-state index contributed by atoms with van der Waals surface area (Å²) in [4.78, 5) is 0. The van der Waals surface area contributed by atoms with Crippen LogP contribution >= 0.6 is 0 Å². The minimum atomic E-state index is 1.16. The first kappa shape index (κ1) is 25.2. The lowest BCUT2D eigenvalue weighted by atomic mass is 10.0. The van der Waals surface area contributed by atoms with Crippen LogP contribution in [-0.2, 0) is 0 Å². The van der Waals surface area contributed by atoms with E-state index in [9.17, 15) is 0 Å². The Balaban J connectivity index is 1.21. The van der Waals surface area contributed by atoms with Gasteiger partial charge in [0.05, 0.1) is 22.1 Å². The minimum Gasteiger partial charge on any atom is -0.309 e. The van der Waals surface area contributed by atoms with Crippen molar-refractivity contribution in [1.29, 1.82) is 0 Å². The fourth-order valence-corrected chi connectivity index (χ4v) is 7.56. The lowest BCUT2D eigenvalue weighted by molar-refractivity contribution is 1.17. The van der Waals surface area contributed by atoms with Crippen LogP contribution in [0, 0.1) is 0 Å². The molecule has 0 saturated carbocycles. The molecule has 0 spiro atoms. The molecule has 0 saturated heterocycles. The molecule has 0 fully saturated rings. The molecule has 0 atom stereocenters. The third-order valence-corrected chi connectivity index (χ3v) is 9.67. The molecule has 0 radical (unpaired) electrons. The van der Waals surface area contributed by atoms with Gasteiger partial charge in [-0.05, 0) is 87.3 Å². The first-order valence-electron chi connectivity index (χ1n) is 15.9. The second-order valence-corrected chi connectivity index (χ2v) is 12.2. The van der Waals surface area contributed by atoms with E-state index in [-0.39, 0.29) is 0 Å². The van der Waals surface area contributed by atoms with E-state index in [1.54, 1.807) is 0 Å². The number of fused-ring (bicyclic) bond motifs is 9. The fourth-order valence-electron chi connectivity index (χ4n) is 7.56. The molecule has 214 valence electrons. The number of benzene rings is 8. The molecule has 8 aromatic carbocycles. The van der Waals surface area contributed by atoms with Crippen LogP contribution in [0.5, 0.6) is 0 Å². The minimum absolute atomic E-state index is 1.16. The maximum Gasteiger partial charge on any atom is 0.0548 e. The standard InChI is InChI=1S/C44H28N2/c1-3-11-32-27-34(18-17-29(32)9-1)31-19-22-35(23-20-31)45-39-15-7-5-13-37(39)43-41(45)25-26-42-44(43)38-14-6-8-16-40(38)46(42)36-24-21-30-10-2-4-12-33(30)28-36/h1-28H. The van der Waals surface area contributed by atoms with Gasteiger partial charge in [0.25, 0.3) is 0 Å². The summed E-state index contributed by atoms with van der Waals surface area (Å²) in [6.45, 7) is 0. The van der Waals surface area contributed by atoms with E-state index in [1.165, 1.54) is 82.0 Å². The lowest BCUT2D eigenvalue weighted by Gasteiger charge is -2.11. The molecule has 0 bridgehead atoms. The predicted octanol–water partition coefficient (Wildman–Crippen LogP) is 11.9. The average molecular weight is 585 g/mol. The first-order chi connectivity index (χ1) is 22.8. The van der Waals surface area contributed by atoms with Gasteiger partial charge in [-0.25, -0.2) is 0 Å². The number of aromatic nitrogens is 2. The largest absolute Gasteiger partial charge is 0.309 e. The zero-order valence-corrected chi connectivity index (χ0v) is 25.1. The van der Waals surface area contributed by atoms with Crippen molar-refractivity contribution in [3.63, 3.8) is 0 Å². The summed E-state index contributed by atoms with van der Waals surface area (Å²) >= 11 is 0. The molecular formula is C44H28N2. The molecule has 2 heterocycles. The highest BCUT2D eigenvalue weighted by atomic mass is 15.0. The van der Waals surface area contributed by atoms with E-state index >= 15 is 0 Å². The third-order valence-electron chi connectivity index (χ3n) is 9.67. The Morgan fingerprint density at radius 1 is 0.283 bits per heavy atom. The Morgan fingerprint density at radius 3 is 1.37 bits per heavy atom. The van der Waals surface area contributed by atoms with E-state index in [0.717, 1.165) is 5.69 Å². The molecule has 46 heavy (non-hydrogen) atoms. The van der Waals surface area contributed by atoms with Crippen LogP contribution in [0.1, 0.15) is 0 Å². The van der Waals surface area contributed by atoms with Gasteiger partial charge in [0, 0.05) is 32.9 Å². The van der Waals surface area contributed by atoms with E-state index in [4.69, 9.17) is 0 Å². The number of hydrogen-bond acceptors (Lipinski definition) is 0. The average Bonchev–Trinajstić information content (AvgIpc) is 3.64. The highest BCUT2D eigenvalue weighted by Crippen LogP contribution is 2.42. The Morgan fingerprint density at radius 2 is 0.739 bits per heavy atom. The third kappa shape index (κ3) is 3.65. The molecule has 0 aliphatic heterocycles. The highest BCUT2D eigenvalue weighted by molar-refractivity contribution is 6.29. The number of rotatable bonds is 3. The van der Waals surface area contributed by atoms with E-state index in [0.29, 0.717) is 0 Å². The summed E-state index contributed by atoms with van der Waals surface area (Å²) < 4.78 is 4.86. The van der Waals surface area contributed by atoms with Gasteiger partial charge in [-0.1, -0.05) is 115 Å².